The number of carbonyl (C=O) groups is 2. The van der Waals surface area contributed by atoms with Gasteiger partial charge in [-0.3, -0.25) is 14.3 Å². The SMILES string of the molecule is CCN(CC)C(=O)c1ccc(NC(=O)CCn2cncn2)cc1. The van der Waals surface area contributed by atoms with Gasteiger partial charge >= 0.3 is 0 Å². The van der Waals surface area contributed by atoms with Crippen LogP contribution >= 0.6 is 0 Å². The number of aryl methyl sites for hydroxylation is 1. The Morgan fingerprint density at radius 1 is 1.17 bits per heavy atom. The zero-order chi connectivity index (χ0) is 16.7. The molecule has 2 amide bonds. The van der Waals surface area contributed by atoms with Crippen LogP contribution in [0.4, 0.5) is 5.69 Å². The summed E-state index contributed by atoms with van der Waals surface area (Å²) in [6, 6.07) is 6.94. The van der Waals surface area contributed by atoms with Gasteiger partial charge in [0.1, 0.15) is 12.7 Å². The van der Waals surface area contributed by atoms with Crippen LogP contribution in [0, 0.1) is 0 Å². The number of hydrogen-bond acceptors (Lipinski definition) is 4. The molecule has 1 heterocycles. The van der Waals surface area contributed by atoms with Crippen molar-refractivity contribution in [2.45, 2.75) is 26.8 Å². The van der Waals surface area contributed by atoms with Crippen molar-refractivity contribution in [3.63, 3.8) is 0 Å². The van der Waals surface area contributed by atoms with E-state index in [-0.39, 0.29) is 11.8 Å². The molecule has 0 bridgehead atoms. The Balaban J connectivity index is 1.89. The standard InChI is InChI=1S/C16H21N5O2/c1-3-20(4-2)16(23)13-5-7-14(8-6-13)19-15(22)9-10-21-12-17-11-18-21/h5-8,11-12H,3-4,9-10H2,1-2H3,(H,19,22). The van der Waals surface area contributed by atoms with E-state index in [1.807, 2.05) is 13.8 Å². The van der Waals surface area contributed by atoms with Crippen LogP contribution < -0.4 is 5.32 Å². The summed E-state index contributed by atoms with van der Waals surface area (Å²) in [4.78, 5) is 29.7. The number of carbonyl (C=O) groups excluding carboxylic acids is 2. The number of rotatable bonds is 7. The number of nitrogens with one attached hydrogen (secondary N) is 1. The van der Waals surface area contributed by atoms with Gasteiger partial charge in [-0.25, -0.2) is 4.98 Å². The Hall–Kier alpha value is -2.70. The van der Waals surface area contributed by atoms with Gasteiger partial charge in [0, 0.05) is 30.8 Å². The summed E-state index contributed by atoms with van der Waals surface area (Å²) in [5.74, 6) is -0.109. The van der Waals surface area contributed by atoms with Gasteiger partial charge in [0.05, 0.1) is 6.54 Å². The summed E-state index contributed by atoms with van der Waals surface area (Å²) in [5, 5.41) is 6.74. The van der Waals surface area contributed by atoms with Gasteiger partial charge < -0.3 is 10.2 Å². The van der Waals surface area contributed by atoms with E-state index in [0.29, 0.717) is 37.3 Å². The van der Waals surface area contributed by atoms with E-state index in [0.717, 1.165) is 0 Å². The Morgan fingerprint density at radius 3 is 2.43 bits per heavy atom. The third-order valence-corrected chi connectivity index (χ3v) is 3.50. The van der Waals surface area contributed by atoms with Crippen molar-refractivity contribution in [3.8, 4) is 0 Å². The van der Waals surface area contributed by atoms with Crippen molar-refractivity contribution in [1.82, 2.24) is 19.7 Å². The van der Waals surface area contributed by atoms with Gasteiger partial charge in [0.25, 0.3) is 5.91 Å². The molecule has 0 saturated heterocycles. The minimum atomic E-state index is -0.108. The third-order valence-electron chi connectivity index (χ3n) is 3.50. The van der Waals surface area contributed by atoms with Crippen molar-refractivity contribution in [1.29, 1.82) is 0 Å². The Labute approximate surface area is 135 Å². The Bertz CT molecular complexity index is 633. The molecular weight excluding hydrogens is 294 g/mol. The lowest BCUT2D eigenvalue weighted by atomic mass is 10.1. The second-order valence-electron chi connectivity index (χ2n) is 5.01. The van der Waals surface area contributed by atoms with Crippen LogP contribution in [-0.2, 0) is 11.3 Å². The molecule has 1 aromatic carbocycles. The largest absolute Gasteiger partial charge is 0.339 e. The fourth-order valence-electron chi connectivity index (χ4n) is 2.18. The van der Waals surface area contributed by atoms with E-state index in [4.69, 9.17) is 0 Å². The molecule has 0 spiro atoms. The first-order valence-electron chi connectivity index (χ1n) is 7.65. The molecule has 1 aromatic heterocycles. The van der Waals surface area contributed by atoms with Crippen LogP contribution in [0.3, 0.4) is 0 Å². The molecule has 2 aromatic rings. The van der Waals surface area contributed by atoms with Crippen LogP contribution in [-0.4, -0.2) is 44.6 Å². The van der Waals surface area contributed by atoms with E-state index in [2.05, 4.69) is 15.4 Å². The average Bonchev–Trinajstić information content (AvgIpc) is 3.08. The predicted molar refractivity (Wildman–Crippen MR) is 87.0 cm³/mol. The molecule has 0 aliphatic heterocycles. The van der Waals surface area contributed by atoms with E-state index >= 15 is 0 Å². The molecule has 2 rings (SSSR count). The number of amides is 2. The summed E-state index contributed by atoms with van der Waals surface area (Å²) in [6.45, 7) is 5.73. The van der Waals surface area contributed by atoms with Crippen LogP contribution in [0.1, 0.15) is 30.6 Å². The summed E-state index contributed by atoms with van der Waals surface area (Å²) < 4.78 is 1.60. The molecule has 0 unspecified atom stereocenters. The second kappa shape index (κ2) is 8.07. The second-order valence-corrected chi connectivity index (χ2v) is 5.01. The Morgan fingerprint density at radius 2 is 1.87 bits per heavy atom. The van der Waals surface area contributed by atoms with Crippen molar-refractivity contribution in [2.24, 2.45) is 0 Å². The highest BCUT2D eigenvalue weighted by Gasteiger charge is 2.12. The van der Waals surface area contributed by atoms with Crippen molar-refractivity contribution < 1.29 is 9.59 Å². The van der Waals surface area contributed by atoms with E-state index in [1.54, 1.807) is 40.2 Å². The summed E-state index contributed by atoms with van der Waals surface area (Å²) in [6.07, 6.45) is 3.31. The van der Waals surface area contributed by atoms with Gasteiger partial charge in [-0.05, 0) is 38.1 Å². The lowest BCUT2D eigenvalue weighted by molar-refractivity contribution is -0.116. The number of hydrogen-bond donors (Lipinski definition) is 1. The molecule has 0 radical (unpaired) electrons. The van der Waals surface area contributed by atoms with Gasteiger partial charge in [0.15, 0.2) is 0 Å². The molecule has 23 heavy (non-hydrogen) atoms. The number of anilines is 1. The first-order valence-corrected chi connectivity index (χ1v) is 7.65. The normalized spacial score (nSPS) is 10.3. The van der Waals surface area contributed by atoms with Crippen LogP contribution in [0.15, 0.2) is 36.9 Å². The fourth-order valence-corrected chi connectivity index (χ4v) is 2.18. The van der Waals surface area contributed by atoms with E-state index in [1.165, 1.54) is 6.33 Å². The average molecular weight is 315 g/mol. The molecule has 0 saturated carbocycles. The van der Waals surface area contributed by atoms with Gasteiger partial charge in [-0.15, -0.1) is 0 Å². The summed E-state index contributed by atoms with van der Waals surface area (Å²) in [7, 11) is 0. The highest BCUT2D eigenvalue weighted by molar-refractivity contribution is 5.95. The minimum absolute atomic E-state index is 0.000872. The molecule has 0 aliphatic carbocycles. The topological polar surface area (TPSA) is 80.1 Å². The van der Waals surface area contributed by atoms with Crippen LogP contribution in [0.25, 0.3) is 0 Å². The van der Waals surface area contributed by atoms with Gasteiger partial charge in [-0.1, -0.05) is 0 Å². The molecule has 7 heteroatoms. The molecule has 7 nitrogen and oxygen atoms in total. The first kappa shape index (κ1) is 16.7. The lowest BCUT2D eigenvalue weighted by Crippen LogP contribution is -2.30. The predicted octanol–water partition coefficient (Wildman–Crippen LogP) is 1.79. The quantitative estimate of drug-likeness (QED) is 0.844. The summed E-state index contributed by atoms with van der Waals surface area (Å²) >= 11 is 0. The maximum atomic E-state index is 12.2. The number of benzene rings is 1. The fraction of sp³-hybridized carbons (Fsp3) is 0.375. The third kappa shape index (κ3) is 4.64. The maximum Gasteiger partial charge on any atom is 0.253 e. The molecule has 1 N–H and O–H groups in total. The lowest BCUT2D eigenvalue weighted by Gasteiger charge is -2.18. The van der Waals surface area contributed by atoms with Crippen molar-refractivity contribution in [3.05, 3.63) is 42.5 Å². The molecule has 0 atom stereocenters. The van der Waals surface area contributed by atoms with Crippen LogP contribution in [0.2, 0.25) is 0 Å². The molecular formula is C16H21N5O2. The first-order chi connectivity index (χ1) is 11.1. The molecule has 0 aliphatic rings. The zero-order valence-corrected chi connectivity index (χ0v) is 13.4. The molecule has 0 fully saturated rings. The van der Waals surface area contributed by atoms with Gasteiger partial charge in [-0.2, -0.15) is 5.10 Å². The number of nitrogens with zero attached hydrogens (tertiary/aromatic N) is 4. The van der Waals surface area contributed by atoms with Crippen LogP contribution in [0.5, 0.6) is 0 Å². The van der Waals surface area contributed by atoms with Gasteiger partial charge in [0.2, 0.25) is 5.91 Å². The van der Waals surface area contributed by atoms with Crippen molar-refractivity contribution in [2.75, 3.05) is 18.4 Å². The monoisotopic (exact) mass is 315 g/mol. The van der Waals surface area contributed by atoms with E-state index < -0.39 is 0 Å². The highest BCUT2D eigenvalue weighted by Crippen LogP contribution is 2.12. The maximum absolute atomic E-state index is 12.2. The minimum Gasteiger partial charge on any atom is -0.339 e. The van der Waals surface area contributed by atoms with E-state index in [9.17, 15) is 9.59 Å². The number of aromatic nitrogens is 3. The smallest absolute Gasteiger partial charge is 0.253 e. The van der Waals surface area contributed by atoms with Crippen molar-refractivity contribution >= 4 is 17.5 Å². The summed E-state index contributed by atoms with van der Waals surface area (Å²) in [5.41, 5.74) is 1.29. The molecule has 122 valence electrons. The zero-order valence-electron chi connectivity index (χ0n) is 13.4. The highest BCUT2D eigenvalue weighted by atomic mass is 16.2. The Kier molecular flexibility index (Phi) is 5.85.